The standard InChI is InChI=1S/C26H25F4N3O6/c27-15-9-16(28)22(30)23(21(15)29)38-13-18-17(10-20(35)39-18)33-25(37)26(7-4-8-26)24(36)32-12-19(34)31-11-14-5-2-1-3-6-14/h1-3,5-6,9,17-18H,4,7-8,10-13H2,(H,31,34)(H,32,36)(H,33,37). The van der Waals surface area contributed by atoms with Crippen LogP contribution in [-0.2, 0) is 30.5 Å². The van der Waals surface area contributed by atoms with Crippen LogP contribution in [0.5, 0.6) is 5.75 Å². The molecule has 0 aromatic heterocycles. The number of nitrogens with one attached hydrogen (secondary N) is 3. The highest BCUT2D eigenvalue weighted by Gasteiger charge is 2.52. The molecule has 39 heavy (non-hydrogen) atoms. The summed E-state index contributed by atoms with van der Waals surface area (Å²) in [6, 6.07) is 8.10. The second-order valence-corrected chi connectivity index (χ2v) is 9.30. The summed E-state index contributed by atoms with van der Waals surface area (Å²) in [6.45, 7) is -0.825. The molecule has 1 aliphatic heterocycles. The molecule has 2 aliphatic rings. The minimum absolute atomic E-state index is 0.0200. The van der Waals surface area contributed by atoms with Gasteiger partial charge in [0.1, 0.15) is 12.0 Å². The van der Waals surface area contributed by atoms with Gasteiger partial charge in [0, 0.05) is 12.6 Å². The van der Waals surface area contributed by atoms with Gasteiger partial charge in [0.25, 0.3) is 0 Å². The van der Waals surface area contributed by atoms with Crippen LogP contribution in [-0.4, -0.2) is 49.0 Å². The molecule has 3 amide bonds. The minimum Gasteiger partial charge on any atom is -0.483 e. The lowest BCUT2D eigenvalue weighted by Gasteiger charge is -2.39. The Morgan fingerprint density at radius 2 is 1.64 bits per heavy atom. The number of halogens is 4. The summed E-state index contributed by atoms with van der Waals surface area (Å²) in [6.07, 6.45) is -0.634. The molecule has 4 rings (SSSR count). The summed E-state index contributed by atoms with van der Waals surface area (Å²) in [5, 5.41) is 7.67. The molecule has 1 saturated carbocycles. The average Bonchev–Trinajstić information content (AvgIpc) is 3.23. The van der Waals surface area contributed by atoms with E-state index in [0.717, 1.165) is 5.56 Å². The highest BCUT2D eigenvalue weighted by atomic mass is 19.2. The van der Waals surface area contributed by atoms with E-state index in [-0.39, 0.29) is 38.4 Å². The number of carbonyl (C=O) groups is 4. The molecule has 2 unspecified atom stereocenters. The van der Waals surface area contributed by atoms with Crippen LogP contribution in [0.25, 0.3) is 0 Å². The smallest absolute Gasteiger partial charge is 0.308 e. The van der Waals surface area contributed by atoms with Gasteiger partial charge in [-0.05, 0) is 18.4 Å². The van der Waals surface area contributed by atoms with Gasteiger partial charge in [-0.2, -0.15) is 8.78 Å². The SMILES string of the molecule is O=C(CNC(=O)C1(C(=O)NC2CC(=O)OC2COc2c(F)c(F)cc(F)c2F)CCC1)NCc1ccccc1. The molecule has 3 N–H and O–H groups in total. The monoisotopic (exact) mass is 551 g/mol. The van der Waals surface area contributed by atoms with Crippen molar-refractivity contribution in [2.24, 2.45) is 5.41 Å². The average molecular weight is 551 g/mol. The van der Waals surface area contributed by atoms with Crippen LogP contribution in [0.2, 0.25) is 0 Å². The first-order chi connectivity index (χ1) is 18.6. The van der Waals surface area contributed by atoms with Gasteiger partial charge in [-0.3, -0.25) is 19.2 Å². The van der Waals surface area contributed by atoms with E-state index in [4.69, 9.17) is 9.47 Å². The lowest BCUT2D eigenvalue weighted by atomic mass is 9.67. The van der Waals surface area contributed by atoms with Crippen molar-refractivity contribution in [1.82, 2.24) is 16.0 Å². The fourth-order valence-corrected chi connectivity index (χ4v) is 4.33. The Hall–Kier alpha value is -4.16. The van der Waals surface area contributed by atoms with Crippen LogP contribution >= 0.6 is 0 Å². The minimum atomic E-state index is -1.77. The van der Waals surface area contributed by atoms with Crippen LogP contribution in [0, 0.1) is 28.7 Å². The molecular formula is C26H25F4N3O6. The summed E-state index contributed by atoms with van der Waals surface area (Å²) in [7, 11) is 0. The zero-order chi connectivity index (χ0) is 28.2. The highest BCUT2D eigenvalue weighted by Crippen LogP contribution is 2.42. The number of rotatable bonds is 10. The number of ether oxygens (including phenoxy) is 2. The van der Waals surface area contributed by atoms with Crippen LogP contribution in [0.4, 0.5) is 17.6 Å². The number of cyclic esters (lactones) is 1. The van der Waals surface area contributed by atoms with E-state index in [0.29, 0.717) is 6.42 Å². The van der Waals surface area contributed by atoms with E-state index in [9.17, 15) is 36.7 Å². The molecule has 13 heteroatoms. The molecule has 2 aromatic rings. The molecule has 2 fully saturated rings. The van der Waals surface area contributed by atoms with Crippen molar-refractivity contribution in [3.8, 4) is 5.75 Å². The van der Waals surface area contributed by atoms with Crippen molar-refractivity contribution in [3.63, 3.8) is 0 Å². The lowest BCUT2D eigenvalue weighted by Crippen LogP contribution is -2.59. The summed E-state index contributed by atoms with van der Waals surface area (Å²) >= 11 is 0. The summed E-state index contributed by atoms with van der Waals surface area (Å²) in [4.78, 5) is 50.1. The number of hydrogen-bond acceptors (Lipinski definition) is 6. The largest absolute Gasteiger partial charge is 0.483 e. The molecule has 1 heterocycles. The fourth-order valence-electron chi connectivity index (χ4n) is 4.33. The van der Waals surface area contributed by atoms with Crippen molar-refractivity contribution in [2.75, 3.05) is 13.2 Å². The number of amides is 3. The molecule has 9 nitrogen and oxygen atoms in total. The Bertz CT molecular complexity index is 1250. The summed E-state index contributed by atoms with van der Waals surface area (Å²) in [5.74, 6) is -10.8. The van der Waals surface area contributed by atoms with Gasteiger partial charge in [-0.15, -0.1) is 0 Å². The van der Waals surface area contributed by atoms with Crippen molar-refractivity contribution < 1.29 is 46.2 Å². The third kappa shape index (κ3) is 6.13. The number of carbonyl (C=O) groups excluding carboxylic acids is 4. The topological polar surface area (TPSA) is 123 Å². The fraction of sp³-hybridized carbons (Fsp3) is 0.385. The second-order valence-electron chi connectivity index (χ2n) is 9.30. The quantitative estimate of drug-likeness (QED) is 0.180. The molecule has 0 spiro atoms. The van der Waals surface area contributed by atoms with E-state index in [2.05, 4.69) is 16.0 Å². The first-order valence-corrected chi connectivity index (χ1v) is 12.2. The number of hydrogen-bond donors (Lipinski definition) is 3. The first-order valence-electron chi connectivity index (χ1n) is 12.2. The maximum absolute atomic E-state index is 13.9. The Morgan fingerprint density at radius 1 is 0.974 bits per heavy atom. The first kappa shape index (κ1) is 27.9. The van der Waals surface area contributed by atoms with E-state index < -0.39 is 76.9 Å². The number of benzene rings is 2. The Balaban J connectivity index is 1.33. The molecule has 0 bridgehead atoms. The van der Waals surface area contributed by atoms with Gasteiger partial charge in [-0.1, -0.05) is 36.8 Å². The zero-order valence-electron chi connectivity index (χ0n) is 20.5. The molecule has 1 saturated heterocycles. The van der Waals surface area contributed by atoms with Gasteiger partial charge < -0.3 is 25.4 Å². The second kappa shape index (κ2) is 11.7. The third-order valence-electron chi connectivity index (χ3n) is 6.72. The summed E-state index contributed by atoms with van der Waals surface area (Å²) in [5.41, 5.74) is -0.618. The van der Waals surface area contributed by atoms with Crippen LogP contribution in [0.3, 0.4) is 0 Å². The molecular weight excluding hydrogens is 526 g/mol. The molecule has 1 aliphatic carbocycles. The summed E-state index contributed by atoms with van der Waals surface area (Å²) < 4.78 is 64.6. The van der Waals surface area contributed by atoms with E-state index >= 15 is 0 Å². The van der Waals surface area contributed by atoms with Crippen molar-refractivity contribution in [3.05, 3.63) is 65.2 Å². The van der Waals surface area contributed by atoms with Crippen LogP contribution in [0.1, 0.15) is 31.2 Å². The van der Waals surface area contributed by atoms with E-state index in [1.54, 1.807) is 0 Å². The van der Waals surface area contributed by atoms with Gasteiger partial charge >= 0.3 is 5.97 Å². The molecule has 0 radical (unpaired) electrons. The highest BCUT2D eigenvalue weighted by molar-refractivity contribution is 6.07. The third-order valence-corrected chi connectivity index (χ3v) is 6.72. The lowest BCUT2D eigenvalue weighted by molar-refractivity contribution is -0.151. The predicted molar refractivity (Wildman–Crippen MR) is 126 cm³/mol. The predicted octanol–water partition coefficient (Wildman–Crippen LogP) is 2.02. The van der Waals surface area contributed by atoms with Crippen LogP contribution in [0.15, 0.2) is 36.4 Å². The van der Waals surface area contributed by atoms with Gasteiger partial charge in [0.15, 0.2) is 23.5 Å². The number of esters is 1. The van der Waals surface area contributed by atoms with Crippen molar-refractivity contribution >= 4 is 23.7 Å². The van der Waals surface area contributed by atoms with E-state index in [1.807, 2.05) is 30.3 Å². The Labute approximate surface area is 220 Å². The maximum Gasteiger partial charge on any atom is 0.308 e. The van der Waals surface area contributed by atoms with Crippen molar-refractivity contribution in [1.29, 1.82) is 0 Å². The maximum atomic E-state index is 13.9. The zero-order valence-corrected chi connectivity index (χ0v) is 20.5. The normalized spacial score (nSPS) is 19.4. The van der Waals surface area contributed by atoms with Gasteiger partial charge in [0.2, 0.25) is 29.4 Å². The Morgan fingerprint density at radius 3 is 2.26 bits per heavy atom. The molecule has 2 atom stereocenters. The van der Waals surface area contributed by atoms with Crippen LogP contribution < -0.4 is 20.7 Å². The molecule has 2 aromatic carbocycles. The van der Waals surface area contributed by atoms with Crippen molar-refractivity contribution in [2.45, 2.75) is 44.4 Å². The molecule has 208 valence electrons. The Kier molecular flexibility index (Phi) is 8.36. The van der Waals surface area contributed by atoms with Gasteiger partial charge in [-0.25, -0.2) is 8.78 Å². The van der Waals surface area contributed by atoms with Gasteiger partial charge in [0.05, 0.1) is 19.0 Å². The van der Waals surface area contributed by atoms with E-state index in [1.165, 1.54) is 0 Å².